The minimum atomic E-state index is -0.682. The molecule has 5 rings (SSSR count). The van der Waals surface area contributed by atoms with E-state index in [-0.39, 0.29) is 39.4 Å². The summed E-state index contributed by atoms with van der Waals surface area (Å²) in [5.74, 6) is 0.0921. The first-order chi connectivity index (χ1) is 21.7. The number of fused-ring (bicyclic) bond motifs is 1. The molecule has 1 atom stereocenters. The van der Waals surface area contributed by atoms with Gasteiger partial charge in [-0.2, -0.15) is 5.26 Å². The molecule has 0 fully saturated rings. The van der Waals surface area contributed by atoms with Crippen molar-refractivity contribution in [3.8, 4) is 29.1 Å². The van der Waals surface area contributed by atoms with E-state index in [2.05, 4.69) is 6.07 Å². The third kappa shape index (κ3) is 7.43. The summed E-state index contributed by atoms with van der Waals surface area (Å²) in [7, 11) is 0. The fraction of sp³-hybridized carbons (Fsp3) is 0.176. The van der Waals surface area contributed by atoms with Crippen molar-refractivity contribution in [1.29, 1.82) is 5.26 Å². The molecule has 0 saturated carbocycles. The number of nitrogens with zero attached hydrogens (tertiary/aromatic N) is 1. The number of unbranched alkanes of at least 4 members (excludes halogenated alkanes) is 1. The first-order valence-corrected chi connectivity index (χ1v) is 15.4. The Morgan fingerprint density at radius 1 is 0.933 bits per heavy atom. The first-order valence-electron chi connectivity index (χ1n) is 13.9. The Morgan fingerprint density at radius 2 is 1.71 bits per heavy atom. The van der Waals surface area contributed by atoms with Gasteiger partial charge in [0.25, 0.3) is 0 Å². The van der Waals surface area contributed by atoms with E-state index in [0.29, 0.717) is 39.5 Å². The molecule has 0 amide bonds. The van der Waals surface area contributed by atoms with Crippen LogP contribution in [0.2, 0.25) is 20.1 Å². The Labute approximate surface area is 280 Å². The lowest BCUT2D eigenvalue weighted by Crippen LogP contribution is -2.21. The van der Waals surface area contributed by atoms with E-state index in [4.69, 9.17) is 71.1 Å². The fourth-order valence-electron chi connectivity index (χ4n) is 4.73. The lowest BCUT2D eigenvalue weighted by molar-refractivity contribution is 0.0734. The molecule has 0 radical (unpaired) electrons. The fourth-order valence-corrected chi connectivity index (χ4v) is 5.79. The van der Waals surface area contributed by atoms with Gasteiger partial charge in [0.1, 0.15) is 35.5 Å². The Hall–Kier alpha value is -4.06. The van der Waals surface area contributed by atoms with Gasteiger partial charge in [0.2, 0.25) is 5.88 Å². The van der Waals surface area contributed by atoms with Crippen LogP contribution in [0.25, 0.3) is 0 Å². The molecule has 4 aromatic rings. The van der Waals surface area contributed by atoms with E-state index in [9.17, 15) is 10.1 Å². The maximum atomic E-state index is 13.0. The molecule has 11 heteroatoms. The molecule has 0 spiro atoms. The number of carbonyl (C=O) groups excluding carboxylic acids is 1. The van der Waals surface area contributed by atoms with Crippen LogP contribution in [-0.4, -0.2) is 12.6 Å². The summed E-state index contributed by atoms with van der Waals surface area (Å²) < 4.78 is 23.1. The predicted octanol–water partition coefficient (Wildman–Crippen LogP) is 9.50. The van der Waals surface area contributed by atoms with Gasteiger partial charge in [0, 0.05) is 27.2 Å². The maximum absolute atomic E-state index is 13.0. The second kappa shape index (κ2) is 14.4. The third-order valence-corrected chi connectivity index (χ3v) is 8.13. The van der Waals surface area contributed by atoms with Crippen molar-refractivity contribution in [3.63, 3.8) is 0 Å². The number of halogens is 4. The molecule has 45 heavy (non-hydrogen) atoms. The van der Waals surface area contributed by atoms with Crippen molar-refractivity contribution in [3.05, 3.63) is 127 Å². The Kier molecular flexibility index (Phi) is 10.3. The van der Waals surface area contributed by atoms with Gasteiger partial charge in [0.15, 0.2) is 5.75 Å². The number of rotatable bonds is 10. The molecule has 1 unspecified atom stereocenters. The molecule has 1 aliphatic heterocycles. The Bertz CT molecular complexity index is 1810. The van der Waals surface area contributed by atoms with Crippen LogP contribution in [0, 0.1) is 11.3 Å². The largest absolute Gasteiger partial charge is 0.490 e. The highest BCUT2D eigenvalue weighted by Gasteiger charge is 2.31. The molecule has 7 nitrogen and oxygen atoms in total. The van der Waals surface area contributed by atoms with Gasteiger partial charge >= 0.3 is 5.97 Å². The van der Waals surface area contributed by atoms with Gasteiger partial charge in [-0.25, -0.2) is 4.79 Å². The lowest BCUT2D eigenvalue weighted by atomic mass is 9.83. The smallest absolute Gasteiger partial charge is 0.343 e. The number of allylic oxidation sites excluding steroid dienone is 1. The van der Waals surface area contributed by atoms with Gasteiger partial charge in [0.05, 0.1) is 28.1 Å². The highest BCUT2D eigenvalue weighted by atomic mass is 35.5. The maximum Gasteiger partial charge on any atom is 0.343 e. The summed E-state index contributed by atoms with van der Waals surface area (Å²) in [6.07, 6.45) is 1.79. The number of benzene rings is 4. The Balaban J connectivity index is 1.37. The minimum Gasteiger partial charge on any atom is -0.490 e. The van der Waals surface area contributed by atoms with Crippen molar-refractivity contribution in [1.82, 2.24) is 0 Å². The standard InChI is InChI=1S/C34H26Cl4N2O5/c1-2-3-11-42-32-28(37)13-21(14-29(32)38)34(41)44-24-9-10-25-30(16-24)45-33(40)26(17-39)31(25)19-5-4-6-23(12-19)43-18-20-7-8-22(35)15-27(20)36/h4-10,12-16,31H,2-3,11,18,40H2,1H3. The van der Waals surface area contributed by atoms with E-state index >= 15 is 0 Å². The van der Waals surface area contributed by atoms with Crippen molar-refractivity contribution in [2.45, 2.75) is 32.3 Å². The average Bonchev–Trinajstić information content (AvgIpc) is 3.01. The summed E-state index contributed by atoms with van der Waals surface area (Å²) in [4.78, 5) is 13.0. The van der Waals surface area contributed by atoms with Gasteiger partial charge < -0.3 is 24.7 Å². The molecule has 2 N–H and O–H groups in total. The zero-order valence-electron chi connectivity index (χ0n) is 23.9. The number of esters is 1. The predicted molar refractivity (Wildman–Crippen MR) is 175 cm³/mol. The second-order valence-electron chi connectivity index (χ2n) is 10.1. The molecular formula is C34H26Cl4N2O5. The van der Waals surface area contributed by atoms with Crippen molar-refractivity contribution in [2.75, 3.05) is 6.61 Å². The summed E-state index contributed by atoms with van der Waals surface area (Å²) >= 11 is 25.0. The zero-order chi connectivity index (χ0) is 32.1. The molecule has 4 aromatic carbocycles. The SMILES string of the molecule is CCCCOc1c(Cl)cc(C(=O)Oc2ccc3c(c2)OC(N)=C(C#N)C3c2cccc(OCc3ccc(Cl)cc3Cl)c2)cc1Cl. The monoisotopic (exact) mass is 682 g/mol. The quantitative estimate of drug-likeness (QED) is 0.101. The van der Waals surface area contributed by atoms with Crippen LogP contribution >= 0.6 is 46.4 Å². The lowest BCUT2D eigenvalue weighted by Gasteiger charge is -2.27. The Morgan fingerprint density at radius 3 is 2.42 bits per heavy atom. The molecule has 0 aromatic heterocycles. The molecular weight excluding hydrogens is 658 g/mol. The minimum absolute atomic E-state index is 0.0602. The summed E-state index contributed by atoms with van der Waals surface area (Å²) in [5.41, 5.74) is 8.74. The van der Waals surface area contributed by atoms with Crippen LogP contribution in [0.1, 0.15) is 52.7 Å². The first kappa shape index (κ1) is 32.3. The summed E-state index contributed by atoms with van der Waals surface area (Å²) in [6.45, 7) is 2.71. The van der Waals surface area contributed by atoms with E-state index in [1.807, 2.05) is 25.1 Å². The van der Waals surface area contributed by atoms with Gasteiger partial charge in [-0.05, 0) is 54.4 Å². The van der Waals surface area contributed by atoms with Crippen LogP contribution in [-0.2, 0) is 6.61 Å². The van der Waals surface area contributed by atoms with Crippen molar-refractivity contribution in [2.24, 2.45) is 5.73 Å². The molecule has 0 aliphatic carbocycles. The second-order valence-corrected chi connectivity index (χ2v) is 11.7. The topological polar surface area (TPSA) is 104 Å². The number of nitriles is 1. The highest BCUT2D eigenvalue weighted by molar-refractivity contribution is 6.37. The van der Waals surface area contributed by atoms with E-state index in [0.717, 1.165) is 24.0 Å². The van der Waals surface area contributed by atoms with Crippen LogP contribution in [0.5, 0.6) is 23.0 Å². The number of nitrogens with two attached hydrogens (primary N) is 1. The number of carbonyl (C=O) groups is 1. The molecule has 230 valence electrons. The van der Waals surface area contributed by atoms with Gasteiger partial charge in [-0.15, -0.1) is 0 Å². The van der Waals surface area contributed by atoms with Crippen LogP contribution < -0.4 is 24.7 Å². The van der Waals surface area contributed by atoms with E-state index in [1.54, 1.807) is 36.4 Å². The van der Waals surface area contributed by atoms with Crippen molar-refractivity contribution >= 4 is 52.4 Å². The van der Waals surface area contributed by atoms with Gasteiger partial charge in [-0.1, -0.05) is 84.0 Å². The molecule has 1 aliphatic rings. The summed E-state index contributed by atoms with van der Waals surface area (Å²) in [6, 6.07) is 22.4. The zero-order valence-corrected chi connectivity index (χ0v) is 26.9. The van der Waals surface area contributed by atoms with Crippen LogP contribution in [0.3, 0.4) is 0 Å². The number of hydrogen-bond acceptors (Lipinski definition) is 7. The van der Waals surface area contributed by atoms with E-state index < -0.39 is 11.9 Å². The molecule has 0 saturated heterocycles. The van der Waals surface area contributed by atoms with Crippen molar-refractivity contribution < 1.29 is 23.7 Å². The molecule has 0 bridgehead atoms. The molecule has 1 heterocycles. The van der Waals surface area contributed by atoms with E-state index in [1.165, 1.54) is 18.2 Å². The highest BCUT2D eigenvalue weighted by Crippen LogP contribution is 2.44. The van der Waals surface area contributed by atoms with Crippen LogP contribution in [0.4, 0.5) is 0 Å². The average molecular weight is 684 g/mol. The number of ether oxygens (including phenoxy) is 4. The number of hydrogen-bond donors (Lipinski definition) is 1. The van der Waals surface area contributed by atoms with Crippen LogP contribution in [0.15, 0.2) is 84.3 Å². The summed E-state index contributed by atoms with van der Waals surface area (Å²) in [5, 5.41) is 11.4. The van der Waals surface area contributed by atoms with Gasteiger partial charge in [-0.3, -0.25) is 0 Å². The normalized spacial score (nSPS) is 13.8. The third-order valence-electron chi connectivity index (χ3n) is 6.98.